The van der Waals surface area contributed by atoms with Gasteiger partial charge in [-0.1, -0.05) is 36.4 Å². The highest BCUT2D eigenvalue weighted by Gasteiger charge is 2.39. The smallest absolute Gasteiger partial charge is 0.245 e. The van der Waals surface area contributed by atoms with Gasteiger partial charge in [-0.25, -0.2) is 13.4 Å². The molecule has 0 bridgehead atoms. The number of rotatable bonds is 4. The van der Waals surface area contributed by atoms with Gasteiger partial charge in [0.15, 0.2) is 10.3 Å². The van der Waals surface area contributed by atoms with E-state index in [0.717, 1.165) is 12.8 Å². The number of carbonyl (C=O) groups excluding carboxylic acids is 1. The fourth-order valence-electron chi connectivity index (χ4n) is 2.82. The summed E-state index contributed by atoms with van der Waals surface area (Å²) in [7, 11) is -3.89. The summed E-state index contributed by atoms with van der Waals surface area (Å²) in [6.07, 6.45) is 3.25. The van der Waals surface area contributed by atoms with Gasteiger partial charge < -0.3 is 4.90 Å². The zero-order chi connectivity index (χ0) is 16.3. The highest BCUT2D eigenvalue weighted by Crippen LogP contribution is 2.30. The highest BCUT2D eigenvalue weighted by molar-refractivity contribution is 7.92. The van der Waals surface area contributed by atoms with Crippen LogP contribution in [0.3, 0.4) is 0 Å². The normalized spacial score (nSPS) is 16.3. The van der Waals surface area contributed by atoms with Gasteiger partial charge in [0.1, 0.15) is 0 Å². The van der Waals surface area contributed by atoms with Crippen LogP contribution in [0.4, 0.5) is 0 Å². The molecule has 1 aliphatic rings. The first-order chi connectivity index (χ1) is 11.1. The van der Waals surface area contributed by atoms with Crippen molar-refractivity contribution in [1.82, 2.24) is 9.88 Å². The van der Waals surface area contributed by atoms with Gasteiger partial charge in [0, 0.05) is 19.3 Å². The van der Waals surface area contributed by atoms with Crippen LogP contribution in [0.25, 0.3) is 0 Å². The molecule has 5 nitrogen and oxygen atoms in total. The van der Waals surface area contributed by atoms with Gasteiger partial charge >= 0.3 is 0 Å². The van der Waals surface area contributed by atoms with Gasteiger partial charge in [-0.05, 0) is 30.5 Å². The van der Waals surface area contributed by atoms with E-state index >= 15 is 0 Å². The zero-order valence-electron chi connectivity index (χ0n) is 12.6. The van der Waals surface area contributed by atoms with Gasteiger partial charge in [0.25, 0.3) is 0 Å². The Hall–Kier alpha value is -2.21. The number of pyridine rings is 1. The summed E-state index contributed by atoms with van der Waals surface area (Å²) >= 11 is 0. The fraction of sp³-hybridized carbons (Fsp3) is 0.294. The zero-order valence-corrected chi connectivity index (χ0v) is 13.4. The number of sulfone groups is 1. The second-order valence-corrected chi connectivity index (χ2v) is 7.52. The second kappa shape index (κ2) is 6.50. The summed E-state index contributed by atoms with van der Waals surface area (Å²) in [5.41, 5.74) is 0.482. The average molecular weight is 330 g/mol. The molecule has 0 saturated carbocycles. The summed E-state index contributed by atoms with van der Waals surface area (Å²) in [5.74, 6) is -0.362. The Labute approximate surface area is 135 Å². The number of amides is 1. The van der Waals surface area contributed by atoms with Crippen molar-refractivity contribution in [3.8, 4) is 0 Å². The molecule has 120 valence electrons. The topological polar surface area (TPSA) is 67.3 Å². The molecule has 0 N–H and O–H groups in total. The van der Waals surface area contributed by atoms with Crippen molar-refractivity contribution in [1.29, 1.82) is 0 Å². The van der Waals surface area contributed by atoms with E-state index in [1.165, 1.54) is 12.3 Å². The molecule has 1 fully saturated rings. The van der Waals surface area contributed by atoms with Crippen LogP contribution in [0.2, 0.25) is 0 Å². The summed E-state index contributed by atoms with van der Waals surface area (Å²) in [5, 5.41) is -1.31. The number of benzene rings is 1. The maximum atomic E-state index is 13.0. The summed E-state index contributed by atoms with van der Waals surface area (Å²) in [4.78, 5) is 18.5. The van der Waals surface area contributed by atoms with E-state index in [1.807, 2.05) is 0 Å². The number of hydrogen-bond acceptors (Lipinski definition) is 4. The van der Waals surface area contributed by atoms with Gasteiger partial charge in [0.05, 0.1) is 0 Å². The largest absolute Gasteiger partial charge is 0.341 e. The Bertz CT molecular complexity index is 770. The quantitative estimate of drug-likeness (QED) is 0.862. The van der Waals surface area contributed by atoms with E-state index in [9.17, 15) is 13.2 Å². The van der Waals surface area contributed by atoms with Gasteiger partial charge in [-0.3, -0.25) is 4.79 Å². The maximum Gasteiger partial charge on any atom is 0.245 e. The lowest BCUT2D eigenvalue weighted by atomic mass is 10.1. The number of nitrogens with zero attached hydrogens (tertiary/aromatic N) is 2. The van der Waals surface area contributed by atoms with Crippen molar-refractivity contribution in [2.75, 3.05) is 13.1 Å². The number of hydrogen-bond donors (Lipinski definition) is 0. The predicted molar refractivity (Wildman–Crippen MR) is 86.4 cm³/mol. The Balaban J connectivity index is 2.07. The van der Waals surface area contributed by atoms with Gasteiger partial charge in [-0.2, -0.15) is 0 Å². The molecule has 1 aromatic carbocycles. The minimum atomic E-state index is -3.89. The third-order valence-corrected chi connectivity index (χ3v) is 5.90. The first-order valence-corrected chi connectivity index (χ1v) is 9.14. The van der Waals surface area contributed by atoms with Crippen LogP contribution in [-0.2, 0) is 14.6 Å². The van der Waals surface area contributed by atoms with Crippen molar-refractivity contribution in [2.24, 2.45) is 0 Å². The van der Waals surface area contributed by atoms with Crippen LogP contribution in [0.5, 0.6) is 0 Å². The van der Waals surface area contributed by atoms with E-state index < -0.39 is 15.1 Å². The van der Waals surface area contributed by atoms with E-state index in [-0.39, 0.29) is 10.9 Å². The van der Waals surface area contributed by atoms with Crippen LogP contribution in [0.1, 0.15) is 23.7 Å². The maximum absolute atomic E-state index is 13.0. The van der Waals surface area contributed by atoms with Crippen LogP contribution >= 0.6 is 0 Å². The molecule has 23 heavy (non-hydrogen) atoms. The highest BCUT2D eigenvalue weighted by atomic mass is 32.2. The minimum Gasteiger partial charge on any atom is -0.341 e. The molecule has 1 atom stereocenters. The first kappa shape index (κ1) is 15.7. The molecule has 6 heteroatoms. The van der Waals surface area contributed by atoms with E-state index in [4.69, 9.17) is 0 Å². The van der Waals surface area contributed by atoms with E-state index in [1.54, 1.807) is 47.4 Å². The third-order valence-electron chi connectivity index (χ3n) is 3.98. The molecule has 2 heterocycles. The molecule has 0 radical (unpaired) electrons. The predicted octanol–water partition coefficient (Wildman–Crippen LogP) is 2.22. The molecule has 0 aliphatic carbocycles. The molecular weight excluding hydrogens is 312 g/mol. The van der Waals surface area contributed by atoms with Gasteiger partial charge in [-0.15, -0.1) is 0 Å². The fourth-order valence-corrected chi connectivity index (χ4v) is 4.47. The molecule has 1 unspecified atom stereocenters. The standard InChI is InChI=1S/C17H18N2O3S/c20-17(19-12-6-7-13-19)16(14-8-2-1-3-9-14)23(21,22)15-10-4-5-11-18-15/h1-5,8-11,16H,6-7,12-13H2. The van der Waals surface area contributed by atoms with Crippen LogP contribution in [0, 0.1) is 0 Å². The molecule has 0 spiro atoms. The summed E-state index contributed by atoms with van der Waals surface area (Å²) in [6.45, 7) is 1.22. The molecular formula is C17H18N2O3S. The Morgan fingerprint density at radius 2 is 1.65 bits per heavy atom. The van der Waals surface area contributed by atoms with Gasteiger partial charge in [0.2, 0.25) is 15.7 Å². The lowest BCUT2D eigenvalue weighted by molar-refractivity contribution is -0.129. The molecule has 1 amide bonds. The Morgan fingerprint density at radius 1 is 1.00 bits per heavy atom. The van der Waals surface area contributed by atoms with Crippen LogP contribution < -0.4 is 0 Å². The van der Waals surface area contributed by atoms with Crippen molar-refractivity contribution >= 4 is 15.7 Å². The summed E-state index contributed by atoms with van der Waals surface area (Å²) in [6, 6.07) is 13.3. The average Bonchev–Trinajstić information content (AvgIpc) is 3.11. The molecule has 2 aromatic rings. The molecule has 1 aromatic heterocycles. The lowest BCUT2D eigenvalue weighted by Crippen LogP contribution is -2.36. The van der Waals surface area contributed by atoms with Crippen molar-refractivity contribution in [3.63, 3.8) is 0 Å². The summed E-state index contributed by atoms with van der Waals surface area (Å²) < 4.78 is 26.0. The monoisotopic (exact) mass is 330 g/mol. The molecule has 1 aliphatic heterocycles. The SMILES string of the molecule is O=C(C(c1ccccc1)S(=O)(=O)c1ccccn1)N1CCCC1. The molecule has 3 rings (SSSR count). The van der Waals surface area contributed by atoms with Crippen molar-refractivity contribution < 1.29 is 13.2 Å². The Kier molecular flexibility index (Phi) is 4.43. The molecule has 1 saturated heterocycles. The van der Waals surface area contributed by atoms with E-state index in [2.05, 4.69) is 4.98 Å². The number of likely N-dealkylation sites (tertiary alicyclic amines) is 1. The van der Waals surface area contributed by atoms with Crippen molar-refractivity contribution in [2.45, 2.75) is 23.1 Å². The third kappa shape index (κ3) is 3.12. The second-order valence-electron chi connectivity index (χ2n) is 5.54. The van der Waals surface area contributed by atoms with Crippen molar-refractivity contribution in [3.05, 3.63) is 60.3 Å². The lowest BCUT2D eigenvalue weighted by Gasteiger charge is -2.23. The van der Waals surface area contributed by atoms with Crippen LogP contribution in [-0.4, -0.2) is 37.3 Å². The minimum absolute atomic E-state index is 0.0681. The number of aromatic nitrogens is 1. The Morgan fingerprint density at radius 3 is 2.26 bits per heavy atom. The number of carbonyl (C=O) groups is 1. The van der Waals surface area contributed by atoms with Crippen LogP contribution in [0.15, 0.2) is 59.8 Å². The first-order valence-electron chi connectivity index (χ1n) is 7.59. The van der Waals surface area contributed by atoms with E-state index in [0.29, 0.717) is 18.7 Å².